The van der Waals surface area contributed by atoms with Gasteiger partial charge in [-0.05, 0) is 36.0 Å². The van der Waals surface area contributed by atoms with E-state index in [-0.39, 0.29) is 0 Å². The summed E-state index contributed by atoms with van der Waals surface area (Å²) in [6, 6.07) is 7.81. The summed E-state index contributed by atoms with van der Waals surface area (Å²) < 4.78 is 0. The van der Waals surface area contributed by atoms with Gasteiger partial charge in [0.05, 0.1) is 6.10 Å². The van der Waals surface area contributed by atoms with Crippen molar-refractivity contribution in [2.24, 2.45) is 5.73 Å². The third-order valence-electron chi connectivity index (χ3n) is 2.49. The lowest BCUT2D eigenvalue weighted by Crippen LogP contribution is -2.06. The molecule has 0 saturated heterocycles. The van der Waals surface area contributed by atoms with Gasteiger partial charge >= 0.3 is 0 Å². The minimum atomic E-state index is -0.465. The molecular formula is C12H14N2O. The molecule has 0 bridgehead atoms. The summed E-state index contributed by atoms with van der Waals surface area (Å²) in [5, 5.41) is 12.0. The van der Waals surface area contributed by atoms with E-state index in [1.807, 2.05) is 30.5 Å². The van der Waals surface area contributed by atoms with Gasteiger partial charge in [-0.1, -0.05) is 12.1 Å². The molecule has 0 aliphatic carbocycles. The summed E-state index contributed by atoms with van der Waals surface area (Å²) in [7, 11) is 0. The lowest BCUT2D eigenvalue weighted by Gasteiger charge is -2.10. The highest BCUT2D eigenvalue weighted by molar-refractivity contribution is 5.82. The maximum absolute atomic E-state index is 9.78. The predicted octanol–water partition coefficient (Wildman–Crippen LogP) is 1.62. The molecule has 0 aliphatic heterocycles. The maximum Gasteiger partial charge on any atom is 0.0802 e. The molecule has 0 saturated carbocycles. The number of aromatic nitrogens is 1. The Morgan fingerprint density at radius 1 is 1.27 bits per heavy atom. The maximum atomic E-state index is 9.78. The largest absolute Gasteiger partial charge is 0.388 e. The topological polar surface area (TPSA) is 59.1 Å². The zero-order chi connectivity index (χ0) is 10.7. The van der Waals surface area contributed by atoms with E-state index in [2.05, 4.69) is 4.98 Å². The molecule has 0 spiro atoms. The Hall–Kier alpha value is -1.45. The second kappa shape index (κ2) is 4.38. The van der Waals surface area contributed by atoms with Crippen LogP contribution in [0.1, 0.15) is 18.1 Å². The average molecular weight is 202 g/mol. The predicted molar refractivity (Wildman–Crippen MR) is 60.4 cm³/mol. The summed E-state index contributed by atoms with van der Waals surface area (Å²) in [6.07, 6.45) is 3.69. The SMILES string of the molecule is NCCC(O)c1ccc2cnccc2c1. The quantitative estimate of drug-likeness (QED) is 0.795. The number of benzene rings is 1. The molecule has 2 aromatic rings. The lowest BCUT2D eigenvalue weighted by molar-refractivity contribution is 0.170. The Morgan fingerprint density at radius 3 is 2.93 bits per heavy atom. The number of pyridine rings is 1. The normalized spacial score (nSPS) is 12.9. The van der Waals surface area contributed by atoms with Crippen molar-refractivity contribution >= 4 is 10.8 Å². The molecule has 1 aromatic heterocycles. The summed E-state index contributed by atoms with van der Waals surface area (Å²) in [4.78, 5) is 4.04. The van der Waals surface area contributed by atoms with E-state index in [1.54, 1.807) is 6.20 Å². The highest BCUT2D eigenvalue weighted by atomic mass is 16.3. The molecule has 1 unspecified atom stereocenters. The second-order valence-electron chi connectivity index (χ2n) is 3.58. The van der Waals surface area contributed by atoms with Crippen molar-refractivity contribution in [1.82, 2.24) is 4.98 Å². The number of nitrogens with zero attached hydrogens (tertiary/aromatic N) is 1. The van der Waals surface area contributed by atoms with Gasteiger partial charge in [0.2, 0.25) is 0 Å². The summed E-state index contributed by atoms with van der Waals surface area (Å²) in [6.45, 7) is 0.496. The van der Waals surface area contributed by atoms with Crippen LogP contribution in [-0.2, 0) is 0 Å². The first kappa shape index (κ1) is 10.1. The first-order valence-electron chi connectivity index (χ1n) is 5.03. The minimum Gasteiger partial charge on any atom is -0.388 e. The van der Waals surface area contributed by atoms with Crippen LogP contribution in [0.5, 0.6) is 0 Å². The molecule has 1 atom stereocenters. The van der Waals surface area contributed by atoms with Crippen molar-refractivity contribution in [3.63, 3.8) is 0 Å². The number of rotatable bonds is 3. The zero-order valence-corrected chi connectivity index (χ0v) is 8.43. The second-order valence-corrected chi connectivity index (χ2v) is 3.58. The van der Waals surface area contributed by atoms with Crippen molar-refractivity contribution in [3.8, 4) is 0 Å². The summed E-state index contributed by atoms with van der Waals surface area (Å²) in [5.41, 5.74) is 6.33. The smallest absolute Gasteiger partial charge is 0.0802 e. The molecule has 2 rings (SSSR count). The van der Waals surface area contributed by atoms with E-state index in [9.17, 15) is 5.11 Å². The number of aliphatic hydroxyl groups is 1. The summed E-state index contributed by atoms with van der Waals surface area (Å²) in [5.74, 6) is 0. The fourth-order valence-corrected chi connectivity index (χ4v) is 1.63. The van der Waals surface area contributed by atoms with Crippen LogP contribution in [0.15, 0.2) is 36.7 Å². The van der Waals surface area contributed by atoms with Crippen LogP contribution in [0.25, 0.3) is 10.8 Å². The van der Waals surface area contributed by atoms with Crippen LogP contribution >= 0.6 is 0 Å². The monoisotopic (exact) mass is 202 g/mol. The van der Waals surface area contributed by atoms with Crippen molar-refractivity contribution in [1.29, 1.82) is 0 Å². The Balaban J connectivity index is 2.38. The molecular weight excluding hydrogens is 188 g/mol. The van der Waals surface area contributed by atoms with Gasteiger partial charge in [-0.3, -0.25) is 4.98 Å². The highest BCUT2D eigenvalue weighted by Gasteiger charge is 2.06. The average Bonchev–Trinajstić information content (AvgIpc) is 2.29. The van der Waals surface area contributed by atoms with E-state index in [0.717, 1.165) is 16.3 Å². The third-order valence-corrected chi connectivity index (χ3v) is 2.49. The lowest BCUT2D eigenvalue weighted by atomic mass is 10.0. The molecule has 0 amide bonds. The molecule has 0 aliphatic rings. The van der Waals surface area contributed by atoms with Gasteiger partial charge in [0, 0.05) is 17.8 Å². The van der Waals surface area contributed by atoms with Gasteiger partial charge in [0.25, 0.3) is 0 Å². The number of nitrogens with two attached hydrogens (primary N) is 1. The minimum absolute atomic E-state index is 0.465. The van der Waals surface area contributed by atoms with E-state index in [1.165, 1.54) is 0 Å². The molecule has 78 valence electrons. The Labute approximate surface area is 88.6 Å². The molecule has 3 nitrogen and oxygen atoms in total. The molecule has 3 N–H and O–H groups in total. The molecule has 1 heterocycles. The van der Waals surface area contributed by atoms with E-state index in [0.29, 0.717) is 13.0 Å². The summed E-state index contributed by atoms with van der Waals surface area (Å²) >= 11 is 0. The molecule has 0 fully saturated rings. The molecule has 3 heteroatoms. The van der Waals surface area contributed by atoms with Crippen LogP contribution in [0.4, 0.5) is 0 Å². The fourth-order valence-electron chi connectivity index (χ4n) is 1.63. The van der Waals surface area contributed by atoms with E-state index in [4.69, 9.17) is 5.73 Å². The zero-order valence-electron chi connectivity index (χ0n) is 8.43. The van der Waals surface area contributed by atoms with Crippen LogP contribution in [0.2, 0.25) is 0 Å². The number of hydrogen-bond donors (Lipinski definition) is 2. The van der Waals surface area contributed by atoms with Crippen LogP contribution in [0.3, 0.4) is 0 Å². The first-order valence-corrected chi connectivity index (χ1v) is 5.03. The van der Waals surface area contributed by atoms with Crippen LogP contribution in [-0.4, -0.2) is 16.6 Å². The number of aliphatic hydroxyl groups excluding tert-OH is 1. The van der Waals surface area contributed by atoms with Crippen LogP contribution in [0, 0.1) is 0 Å². The van der Waals surface area contributed by atoms with Gasteiger partial charge in [-0.25, -0.2) is 0 Å². The fraction of sp³-hybridized carbons (Fsp3) is 0.250. The van der Waals surface area contributed by atoms with Gasteiger partial charge in [0.15, 0.2) is 0 Å². The van der Waals surface area contributed by atoms with E-state index < -0.39 is 6.10 Å². The number of fused-ring (bicyclic) bond motifs is 1. The van der Waals surface area contributed by atoms with Gasteiger partial charge in [0.1, 0.15) is 0 Å². The van der Waals surface area contributed by atoms with Gasteiger partial charge in [-0.2, -0.15) is 0 Å². The van der Waals surface area contributed by atoms with Crippen molar-refractivity contribution in [2.75, 3.05) is 6.54 Å². The van der Waals surface area contributed by atoms with Crippen molar-refractivity contribution in [2.45, 2.75) is 12.5 Å². The third kappa shape index (κ3) is 2.14. The molecule has 1 aromatic carbocycles. The van der Waals surface area contributed by atoms with Crippen LogP contribution < -0.4 is 5.73 Å². The first-order chi connectivity index (χ1) is 7.31. The standard InChI is InChI=1S/C12H14N2O/c13-5-3-12(15)10-1-2-11-8-14-6-4-9(11)7-10/h1-2,4,6-8,12,15H,3,5,13H2. The molecule has 15 heavy (non-hydrogen) atoms. The van der Waals surface area contributed by atoms with E-state index >= 15 is 0 Å². The highest BCUT2D eigenvalue weighted by Crippen LogP contribution is 2.21. The Morgan fingerprint density at radius 2 is 2.13 bits per heavy atom. The van der Waals surface area contributed by atoms with Gasteiger partial charge < -0.3 is 10.8 Å². The Bertz CT molecular complexity index is 456. The Kier molecular flexibility index (Phi) is 2.94. The molecule has 0 radical (unpaired) electrons. The van der Waals surface area contributed by atoms with Crippen molar-refractivity contribution < 1.29 is 5.11 Å². The number of hydrogen-bond acceptors (Lipinski definition) is 3. The van der Waals surface area contributed by atoms with Gasteiger partial charge in [-0.15, -0.1) is 0 Å². The van der Waals surface area contributed by atoms with Crippen molar-refractivity contribution in [3.05, 3.63) is 42.2 Å².